The standard InChI is InChI=1S/C17H22N2O3S/c1-18(2)23(20,21)17-11-10-15(22-17)13-19-12-6-9-16(19)14-7-4-3-5-8-14/h3-5,7-8,10-11,16H,6,9,12-13H2,1-2H3/t16-/m1/s1. The second-order valence-electron chi connectivity index (χ2n) is 6.05. The van der Waals surface area contributed by atoms with Crippen molar-refractivity contribution in [3.05, 3.63) is 53.8 Å². The van der Waals surface area contributed by atoms with Gasteiger partial charge >= 0.3 is 0 Å². The van der Waals surface area contributed by atoms with Gasteiger partial charge in [0.1, 0.15) is 5.76 Å². The number of rotatable bonds is 5. The number of hydrogen-bond donors (Lipinski definition) is 0. The van der Waals surface area contributed by atoms with Crippen molar-refractivity contribution in [1.82, 2.24) is 9.21 Å². The Morgan fingerprint density at radius 3 is 2.61 bits per heavy atom. The molecule has 1 aromatic carbocycles. The van der Waals surface area contributed by atoms with Crippen LogP contribution in [0.4, 0.5) is 0 Å². The number of furan rings is 1. The monoisotopic (exact) mass is 334 g/mol. The van der Waals surface area contributed by atoms with E-state index >= 15 is 0 Å². The lowest BCUT2D eigenvalue weighted by molar-refractivity contribution is 0.221. The molecule has 0 unspecified atom stereocenters. The molecule has 0 N–H and O–H groups in total. The van der Waals surface area contributed by atoms with Gasteiger partial charge in [-0.05, 0) is 37.1 Å². The van der Waals surface area contributed by atoms with Crippen LogP contribution >= 0.6 is 0 Å². The molecule has 0 radical (unpaired) electrons. The van der Waals surface area contributed by atoms with E-state index in [1.165, 1.54) is 25.7 Å². The third-order valence-electron chi connectivity index (χ3n) is 4.28. The van der Waals surface area contributed by atoms with Crippen LogP contribution in [0.3, 0.4) is 0 Å². The van der Waals surface area contributed by atoms with Gasteiger partial charge in [-0.1, -0.05) is 30.3 Å². The van der Waals surface area contributed by atoms with Crippen LogP contribution < -0.4 is 0 Å². The summed E-state index contributed by atoms with van der Waals surface area (Å²) in [6, 6.07) is 14.1. The maximum absolute atomic E-state index is 12.1. The molecule has 5 nitrogen and oxygen atoms in total. The molecule has 1 saturated heterocycles. The SMILES string of the molecule is CN(C)S(=O)(=O)c1ccc(CN2CCC[C@@H]2c2ccccc2)o1. The molecule has 1 aromatic heterocycles. The molecular formula is C17H22N2O3S. The summed E-state index contributed by atoms with van der Waals surface area (Å²) in [6.07, 6.45) is 2.26. The van der Waals surface area contributed by atoms with E-state index in [2.05, 4.69) is 29.2 Å². The van der Waals surface area contributed by atoms with E-state index in [0.29, 0.717) is 18.3 Å². The van der Waals surface area contributed by atoms with Crippen molar-refractivity contribution >= 4 is 10.0 Å². The predicted molar refractivity (Wildman–Crippen MR) is 88.4 cm³/mol. The van der Waals surface area contributed by atoms with Gasteiger partial charge in [0.15, 0.2) is 0 Å². The number of sulfonamides is 1. The summed E-state index contributed by atoms with van der Waals surface area (Å²) in [5.74, 6) is 0.688. The highest BCUT2D eigenvalue weighted by Gasteiger charge is 2.28. The highest BCUT2D eigenvalue weighted by molar-refractivity contribution is 7.88. The van der Waals surface area contributed by atoms with Crippen LogP contribution in [-0.2, 0) is 16.6 Å². The third kappa shape index (κ3) is 3.34. The first kappa shape index (κ1) is 16.2. The molecular weight excluding hydrogens is 312 g/mol. The Morgan fingerprint density at radius 2 is 1.91 bits per heavy atom. The molecule has 0 aliphatic carbocycles. The van der Waals surface area contributed by atoms with Gasteiger partial charge in [0.2, 0.25) is 5.09 Å². The summed E-state index contributed by atoms with van der Waals surface area (Å²) in [5.41, 5.74) is 1.30. The fourth-order valence-electron chi connectivity index (χ4n) is 3.03. The Morgan fingerprint density at radius 1 is 1.17 bits per heavy atom. The van der Waals surface area contributed by atoms with Gasteiger partial charge in [0, 0.05) is 20.1 Å². The van der Waals surface area contributed by atoms with Gasteiger partial charge in [0.25, 0.3) is 10.0 Å². The van der Waals surface area contributed by atoms with Crippen molar-refractivity contribution in [2.45, 2.75) is 30.5 Å². The Bertz CT molecular complexity index is 753. The lowest BCUT2D eigenvalue weighted by atomic mass is 10.0. The van der Waals surface area contributed by atoms with Gasteiger partial charge in [0.05, 0.1) is 6.54 Å². The average molecular weight is 334 g/mol. The zero-order valence-electron chi connectivity index (χ0n) is 13.5. The van der Waals surface area contributed by atoms with Crippen molar-refractivity contribution in [2.24, 2.45) is 0 Å². The maximum atomic E-state index is 12.1. The molecule has 1 aliphatic rings. The quantitative estimate of drug-likeness (QED) is 0.844. The number of hydrogen-bond acceptors (Lipinski definition) is 4. The zero-order valence-corrected chi connectivity index (χ0v) is 14.3. The first-order chi connectivity index (χ1) is 11.0. The van der Waals surface area contributed by atoms with Gasteiger partial charge in [-0.3, -0.25) is 4.90 Å². The Hall–Kier alpha value is -1.63. The summed E-state index contributed by atoms with van der Waals surface area (Å²) in [6.45, 7) is 1.62. The average Bonchev–Trinajstić information content (AvgIpc) is 3.18. The van der Waals surface area contributed by atoms with Crippen LogP contribution in [0.5, 0.6) is 0 Å². The van der Waals surface area contributed by atoms with Crippen molar-refractivity contribution in [3.63, 3.8) is 0 Å². The minimum absolute atomic E-state index is 0.00737. The Kier molecular flexibility index (Phi) is 4.57. The fraction of sp³-hybridized carbons (Fsp3) is 0.412. The molecule has 23 heavy (non-hydrogen) atoms. The van der Waals surface area contributed by atoms with Crippen molar-refractivity contribution in [1.29, 1.82) is 0 Å². The van der Waals surface area contributed by atoms with E-state index in [4.69, 9.17) is 4.42 Å². The van der Waals surface area contributed by atoms with E-state index in [9.17, 15) is 8.42 Å². The van der Waals surface area contributed by atoms with Gasteiger partial charge in [-0.2, -0.15) is 0 Å². The highest BCUT2D eigenvalue weighted by atomic mass is 32.2. The first-order valence-electron chi connectivity index (χ1n) is 7.79. The van der Waals surface area contributed by atoms with Crippen molar-refractivity contribution in [3.8, 4) is 0 Å². The number of likely N-dealkylation sites (tertiary alicyclic amines) is 1. The molecule has 1 fully saturated rings. The third-order valence-corrected chi connectivity index (χ3v) is 5.97. The maximum Gasteiger partial charge on any atom is 0.275 e. The summed E-state index contributed by atoms with van der Waals surface area (Å²) in [4.78, 5) is 2.35. The van der Waals surface area contributed by atoms with Crippen molar-refractivity contribution in [2.75, 3.05) is 20.6 Å². The molecule has 2 heterocycles. The van der Waals surface area contributed by atoms with E-state index in [1.54, 1.807) is 6.07 Å². The second-order valence-corrected chi connectivity index (χ2v) is 8.13. The highest BCUT2D eigenvalue weighted by Crippen LogP contribution is 2.33. The summed E-state index contributed by atoms with van der Waals surface area (Å²) < 4.78 is 30.9. The molecule has 0 spiro atoms. The van der Waals surface area contributed by atoms with Gasteiger partial charge < -0.3 is 4.42 Å². The van der Waals surface area contributed by atoms with Gasteiger partial charge in [-0.25, -0.2) is 12.7 Å². The van der Waals surface area contributed by atoms with Crippen LogP contribution in [0.25, 0.3) is 0 Å². The van der Waals surface area contributed by atoms with Crippen molar-refractivity contribution < 1.29 is 12.8 Å². The number of benzene rings is 1. The summed E-state index contributed by atoms with van der Waals surface area (Å²) in [7, 11) is -0.500. The Labute approximate surface area is 137 Å². The van der Waals surface area contributed by atoms with E-state index < -0.39 is 10.0 Å². The predicted octanol–water partition coefficient (Wildman–Crippen LogP) is 2.87. The van der Waals surface area contributed by atoms with Gasteiger partial charge in [-0.15, -0.1) is 0 Å². The summed E-state index contributed by atoms with van der Waals surface area (Å²) >= 11 is 0. The first-order valence-corrected chi connectivity index (χ1v) is 9.23. The molecule has 124 valence electrons. The lowest BCUT2D eigenvalue weighted by Gasteiger charge is -2.23. The van der Waals surface area contributed by atoms with Crippen LogP contribution in [0.15, 0.2) is 52.0 Å². The normalized spacial score (nSPS) is 19.5. The molecule has 0 amide bonds. The minimum Gasteiger partial charge on any atom is -0.447 e. The topological polar surface area (TPSA) is 53.8 Å². The number of nitrogens with zero attached hydrogens (tertiary/aromatic N) is 2. The van der Waals surface area contributed by atoms with E-state index in [1.807, 2.05) is 6.07 Å². The largest absolute Gasteiger partial charge is 0.447 e. The van der Waals surface area contributed by atoms with E-state index in [-0.39, 0.29) is 5.09 Å². The van der Waals surface area contributed by atoms with E-state index in [0.717, 1.165) is 23.7 Å². The second kappa shape index (κ2) is 6.47. The van der Waals surface area contributed by atoms with Crippen LogP contribution in [0, 0.1) is 0 Å². The molecule has 6 heteroatoms. The zero-order chi connectivity index (χ0) is 16.4. The molecule has 0 bridgehead atoms. The van der Waals surface area contributed by atoms with Crippen LogP contribution in [0.2, 0.25) is 0 Å². The van der Waals surface area contributed by atoms with Crippen LogP contribution in [0.1, 0.15) is 30.2 Å². The molecule has 3 rings (SSSR count). The molecule has 2 aromatic rings. The lowest BCUT2D eigenvalue weighted by Crippen LogP contribution is -2.23. The summed E-state index contributed by atoms with van der Waals surface area (Å²) in [5, 5.41) is 0.00737. The fourth-order valence-corrected chi connectivity index (χ4v) is 3.84. The van der Waals surface area contributed by atoms with Crippen LogP contribution in [-0.4, -0.2) is 38.3 Å². The Balaban J connectivity index is 1.76. The minimum atomic E-state index is -3.51. The molecule has 0 saturated carbocycles. The molecule has 1 atom stereocenters. The smallest absolute Gasteiger partial charge is 0.275 e. The molecule has 1 aliphatic heterocycles.